The first-order valence-electron chi connectivity index (χ1n) is 5.99. The van der Waals surface area contributed by atoms with Gasteiger partial charge >= 0.3 is 5.97 Å². The van der Waals surface area contributed by atoms with E-state index in [0.29, 0.717) is 0 Å². The van der Waals surface area contributed by atoms with E-state index in [4.69, 9.17) is 10.5 Å². The minimum absolute atomic E-state index is 0. The van der Waals surface area contributed by atoms with Crippen LogP contribution >= 0.6 is 12.4 Å². The summed E-state index contributed by atoms with van der Waals surface area (Å²) in [6, 6.07) is -0.201. The zero-order valence-electron chi connectivity index (χ0n) is 11.7. The van der Waals surface area contributed by atoms with Crippen LogP contribution in [0.3, 0.4) is 0 Å². The van der Waals surface area contributed by atoms with Crippen molar-refractivity contribution < 1.29 is 14.3 Å². The van der Waals surface area contributed by atoms with Crippen LogP contribution in [0.4, 0.5) is 0 Å². The highest BCUT2D eigenvalue weighted by Crippen LogP contribution is 2.03. The molecule has 0 rings (SSSR count). The maximum absolute atomic E-state index is 11.6. The van der Waals surface area contributed by atoms with Crippen molar-refractivity contribution >= 4 is 24.3 Å². The topological polar surface area (TPSA) is 81.4 Å². The van der Waals surface area contributed by atoms with Crippen molar-refractivity contribution in [3.8, 4) is 0 Å². The molecule has 18 heavy (non-hydrogen) atoms. The minimum atomic E-state index is -0.346. The van der Waals surface area contributed by atoms with Crippen LogP contribution in [0.1, 0.15) is 34.6 Å². The van der Waals surface area contributed by atoms with Crippen molar-refractivity contribution in [2.24, 2.45) is 17.6 Å². The zero-order valence-corrected chi connectivity index (χ0v) is 12.5. The van der Waals surface area contributed by atoms with E-state index in [1.807, 2.05) is 0 Å². The summed E-state index contributed by atoms with van der Waals surface area (Å²) in [4.78, 5) is 23.1. The van der Waals surface area contributed by atoms with Crippen LogP contribution in [0.2, 0.25) is 0 Å². The number of nitrogens with two attached hydrogens (primary N) is 1. The fourth-order valence-corrected chi connectivity index (χ4v) is 1.09. The Bertz CT molecular complexity index is 270. The lowest BCUT2D eigenvalue weighted by molar-refractivity contribution is -0.151. The van der Waals surface area contributed by atoms with Crippen LogP contribution in [-0.2, 0) is 14.3 Å². The molecule has 3 N–H and O–H groups in total. The second kappa shape index (κ2) is 9.16. The second-order valence-electron chi connectivity index (χ2n) is 4.78. The van der Waals surface area contributed by atoms with Crippen LogP contribution in [0.15, 0.2) is 0 Å². The summed E-state index contributed by atoms with van der Waals surface area (Å²) in [7, 11) is 0. The average molecular weight is 281 g/mol. The van der Waals surface area contributed by atoms with Crippen molar-refractivity contribution in [2.75, 3.05) is 6.54 Å². The Hall–Kier alpha value is -0.810. The largest absolute Gasteiger partial charge is 0.463 e. The Morgan fingerprint density at radius 2 is 1.67 bits per heavy atom. The molecule has 0 saturated heterocycles. The Kier molecular flexibility index (Phi) is 9.94. The summed E-state index contributed by atoms with van der Waals surface area (Å²) in [5.41, 5.74) is 5.62. The monoisotopic (exact) mass is 280 g/mol. The number of nitrogens with one attached hydrogen (secondary N) is 1. The number of hydrogen-bond donors (Lipinski definition) is 2. The van der Waals surface area contributed by atoms with Gasteiger partial charge in [0.05, 0.1) is 12.0 Å². The van der Waals surface area contributed by atoms with Gasteiger partial charge in [-0.3, -0.25) is 9.59 Å². The molecular weight excluding hydrogens is 256 g/mol. The normalized spacial score (nSPS) is 15.3. The maximum Gasteiger partial charge on any atom is 0.310 e. The summed E-state index contributed by atoms with van der Waals surface area (Å²) >= 11 is 0. The molecule has 3 atom stereocenters. The van der Waals surface area contributed by atoms with Crippen molar-refractivity contribution in [3.05, 3.63) is 0 Å². The molecule has 108 valence electrons. The number of amides is 1. The average Bonchev–Trinajstić information content (AvgIpc) is 2.22. The SMILES string of the molecule is CC(C)OC(=O)C(C)CNC(=O)C(C)C(C)N.Cl. The van der Waals surface area contributed by atoms with Gasteiger partial charge in [-0.15, -0.1) is 12.4 Å². The van der Waals surface area contributed by atoms with Crippen molar-refractivity contribution in [3.63, 3.8) is 0 Å². The summed E-state index contributed by atoms with van der Waals surface area (Å²) < 4.78 is 5.04. The van der Waals surface area contributed by atoms with E-state index >= 15 is 0 Å². The van der Waals surface area contributed by atoms with Crippen LogP contribution in [0, 0.1) is 11.8 Å². The Morgan fingerprint density at radius 3 is 2.06 bits per heavy atom. The van der Waals surface area contributed by atoms with E-state index < -0.39 is 0 Å². The molecule has 1 amide bonds. The highest BCUT2D eigenvalue weighted by atomic mass is 35.5. The number of halogens is 1. The number of rotatable bonds is 6. The molecule has 0 fully saturated rings. The molecule has 0 aliphatic heterocycles. The van der Waals surface area contributed by atoms with Crippen LogP contribution in [-0.4, -0.2) is 30.6 Å². The number of esters is 1. The predicted molar refractivity (Wildman–Crippen MR) is 73.5 cm³/mol. The third-order valence-corrected chi connectivity index (χ3v) is 2.54. The van der Waals surface area contributed by atoms with Gasteiger partial charge in [-0.2, -0.15) is 0 Å². The summed E-state index contributed by atoms with van der Waals surface area (Å²) in [5, 5.41) is 2.70. The highest BCUT2D eigenvalue weighted by molar-refractivity contribution is 5.85. The van der Waals surface area contributed by atoms with Gasteiger partial charge in [0.1, 0.15) is 0 Å². The van der Waals surface area contributed by atoms with Gasteiger partial charge in [0.25, 0.3) is 0 Å². The van der Waals surface area contributed by atoms with Crippen molar-refractivity contribution in [1.29, 1.82) is 0 Å². The molecular formula is C12H25ClN2O3. The predicted octanol–water partition coefficient (Wildman–Crippen LogP) is 1.10. The fourth-order valence-electron chi connectivity index (χ4n) is 1.09. The minimum Gasteiger partial charge on any atom is -0.463 e. The van der Waals surface area contributed by atoms with Crippen molar-refractivity contribution in [1.82, 2.24) is 5.32 Å². The summed E-state index contributed by atoms with van der Waals surface area (Å²) in [6.07, 6.45) is -0.136. The smallest absolute Gasteiger partial charge is 0.310 e. The first-order chi connectivity index (χ1) is 7.75. The third kappa shape index (κ3) is 7.50. The Labute approximate surface area is 115 Å². The lowest BCUT2D eigenvalue weighted by Crippen LogP contribution is -2.41. The highest BCUT2D eigenvalue weighted by Gasteiger charge is 2.20. The molecule has 5 nitrogen and oxygen atoms in total. The molecule has 0 saturated carbocycles. The molecule has 6 heteroatoms. The molecule has 0 aromatic carbocycles. The maximum atomic E-state index is 11.6. The van der Waals surface area contributed by atoms with Gasteiger partial charge in [-0.25, -0.2) is 0 Å². The second-order valence-corrected chi connectivity index (χ2v) is 4.78. The van der Waals surface area contributed by atoms with E-state index in [-0.39, 0.29) is 54.8 Å². The van der Waals surface area contributed by atoms with Gasteiger partial charge < -0.3 is 15.8 Å². The van der Waals surface area contributed by atoms with Gasteiger partial charge in [0.15, 0.2) is 0 Å². The number of ether oxygens (including phenoxy) is 1. The van der Waals surface area contributed by atoms with E-state index in [2.05, 4.69) is 5.32 Å². The number of carbonyl (C=O) groups excluding carboxylic acids is 2. The zero-order chi connectivity index (χ0) is 13.6. The summed E-state index contributed by atoms with van der Waals surface area (Å²) in [5.74, 6) is -1.04. The number of hydrogen-bond acceptors (Lipinski definition) is 4. The van der Waals surface area contributed by atoms with Gasteiger partial charge in [0, 0.05) is 18.5 Å². The lowest BCUT2D eigenvalue weighted by atomic mass is 10.0. The molecule has 0 heterocycles. The lowest BCUT2D eigenvalue weighted by Gasteiger charge is -2.18. The van der Waals surface area contributed by atoms with Crippen LogP contribution < -0.4 is 11.1 Å². The first-order valence-corrected chi connectivity index (χ1v) is 5.99. The van der Waals surface area contributed by atoms with Crippen molar-refractivity contribution in [2.45, 2.75) is 46.8 Å². The fraction of sp³-hybridized carbons (Fsp3) is 0.833. The third-order valence-electron chi connectivity index (χ3n) is 2.54. The van der Waals surface area contributed by atoms with E-state index in [9.17, 15) is 9.59 Å². The number of carbonyl (C=O) groups is 2. The Morgan fingerprint density at radius 1 is 1.17 bits per heavy atom. The Balaban J connectivity index is 0. The molecule has 0 aromatic rings. The van der Waals surface area contributed by atoms with Gasteiger partial charge in [-0.1, -0.05) is 13.8 Å². The van der Waals surface area contributed by atoms with Gasteiger partial charge in [-0.05, 0) is 20.8 Å². The molecule has 0 aliphatic rings. The molecule has 0 aliphatic carbocycles. The van der Waals surface area contributed by atoms with E-state index in [0.717, 1.165) is 0 Å². The molecule has 0 aromatic heterocycles. The molecule has 3 unspecified atom stereocenters. The van der Waals surface area contributed by atoms with Crippen LogP contribution in [0.25, 0.3) is 0 Å². The molecule has 0 spiro atoms. The quantitative estimate of drug-likeness (QED) is 0.714. The van der Waals surface area contributed by atoms with Gasteiger partial charge in [0.2, 0.25) is 5.91 Å². The summed E-state index contributed by atoms with van der Waals surface area (Å²) in [6.45, 7) is 9.13. The van der Waals surface area contributed by atoms with E-state index in [1.54, 1.807) is 34.6 Å². The molecule has 0 bridgehead atoms. The van der Waals surface area contributed by atoms with Crippen LogP contribution in [0.5, 0.6) is 0 Å². The first kappa shape index (κ1) is 19.5. The standard InChI is InChI=1S/C12H24N2O3.ClH/c1-7(2)17-12(16)8(3)6-14-11(15)9(4)10(5)13;/h7-10H,6,13H2,1-5H3,(H,14,15);1H. The van der Waals surface area contributed by atoms with E-state index in [1.165, 1.54) is 0 Å². The molecule has 0 radical (unpaired) electrons.